The first kappa shape index (κ1) is 20.4. The quantitative estimate of drug-likeness (QED) is 0.339. The number of pyridine rings is 1. The Bertz CT molecular complexity index is 1150. The molecule has 3 heterocycles. The average Bonchev–Trinajstić information content (AvgIpc) is 3.48. The van der Waals surface area contributed by atoms with Gasteiger partial charge >= 0.3 is 5.91 Å². The van der Waals surface area contributed by atoms with Gasteiger partial charge in [-0.2, -0.15) is 0 Å². The van der Waals surface area contributed by atoms with E-state index in [0.29, 0.717) is 17.5 Å². The number of carbonyl (C=O) groups excluding carboxylic acids is 2. The zero-order chi connectivity index (χ0) is 21.5. The molecule has 0 bridgehead atoms. The van der Waals surface area contributed by atoms with Crippen LogP contribution in [0.4, 0.5) is 0 Å². The van der Waals surface area contributed by atoms with Crippen LogP contribution in [0.25, 0.3) is 11.4 Å². The van der Waals surface area contributed by atoms with Crippen molar-refractivity contribution in [2.45, 2.75) is 11.7 Å². The Kier molecular flexibility index (Phi) is 6.38. The van der Waals surface area contributed by atoms with Gasteiger partial charge in [0.05, 0.1) is 18.6 Å². The molecule has 0 spiro atoms. The van der Waals surface area contributed by atoms with Crippen LogP contribution < -0.4 is 10.9 Å². The first-order valence-corrected chi connectivity index (χ1v) is 10.3. The highest BCUT2D eigenvalue weighted by Crippen LogP contribution is 2.24. The molecule has 0 radical (unpaired) electrons. The van der Waals surface area contributed by atoms with Crippen molar-refractivity contribution in [3.8, 4) is 11.4 Å². The number of rotatable bonds is 7. The number of carbonyl (C=O) groups is 2. The lowest BCUT2D eigenvalue weighted by Crippen LogP contribution is -2.42. The van der Waals surface area contributed by atoms with Crippen molar-refractivity contribution in [3.05, 3.63) is 84.6 Å². The summed E-state index contributed by atoms with van der Waals surface area (Å²) in [6.07, 6.45) is 4.77. The summed E-state index contributed by atoms with van der Waals surface area (Å²) >= 11 is 1.23. The normalized spacial score (nSPS) is 10.6. The van der Waals surface area contributed by atoms with E-state index in [1.807, 2.05) is 47.0 Å². The number of nitrogens with one attached hydrogen (secondary N) is 2. The van der Waals surface area contributed by atoms with Crippen molar-refractivity contribution in [1.29, 1.82) is 0 Å². The van der Waals surface area contributed by atoms with Gasteiger partial charge in [-0.15, -0.1) is 10.2 Å². The highest BCUT2D eigenvalue weighted by molar-refractivity contribution is 7.99. The van der Waals surface area contributed by atoms with Gasteiger partial charge in [-0.1, -0.05) is 42.1 Å². The largest absolute Gasteiger partial charge is 0.459 e. The molecule has 0 saturated carbocycles. The molecule has 0 saturated heterocycles. The Morgan fingerprint density at radius 2 is 1.77 bits per heavy atom. The molecule has 0 unspecified atom stereocenters. The van der Waals surface area contributed by atoms with E-state index in [9.17, 15) is 9.59 Å². The van der Waals surface area contributed by atoms with Gasteiger partial charge in [-0.25, -0.2) is 0 Å². The Morgan fingerprint density at radius 1 is 0.968 bits per heavy atom. The number of furan rings is 1. The monoisotopic (exact) mass is 434 g/mol. The van der Waals surface area contributed by atoms with Crippen LogP contribution in [0.3, 0.4) is 0 Å². The number of hydrazine groups is 1. The van der Waals surface area contributed by atoms with Gasteiger partial charge in [-0.05, 0) is 29.8 Å². The van der Waals surface area contributed by atoms with Crippen LogP contribution in [0.5, 0.6) is 0 Å². The fraction of sp³-hybridized carbons (Fsp3) is 0.0952. The molecule has 10 heteroatoms. The number of thioether (sulfide) groups is 1. The van der Waals surface area contributed by atoms with Crippen molar-refractivity contribution in [2.24, 2.45) is 0 Å². The number of amides is 2. The number of hydrogen-bond acceptors (Lipinski definition) is 7. The molecular weight excluding hydrogens is 416 g/mol. The van der Waals surface area contributed by atoms with Crippen LogP contribution in [-0.2, 0) is 11.3 Å². The van der Waals surface area contributed by atoms with Crippen LogP contribution in [0.15, 0.2) is 82.8 Å². The zero-order valence-corrected chi connectivity index (χ0v) is 17.1. The molecule has 3 aromatic heterocycles. The summed E-state index contributed by atoms with van der Waals surface area (Å²) in [5.41, 5.74) is 6.63. The van der Waals surface area contributed by atoms with Gasteiger partial charge < -0.3 is 4.42 Å². The minimum absolute atomic E-state index is 0.0434. The molecule has 0 fully saturated rings. The van der Waals surface area contributed by atoms with Crippen molar-refractivity contribution in [1.82, 2.24) is 30.6 Å². The Labute approximate surface area is 181 Å². The number of hydrogen-bond donors (Lipinski definition) is 2. The van der Waals surface area contributed by atoms with Gasteiger partial charge in [0.2, 0.25) is 5.91 Å². The molecule has 0 aliphatic heterocycles. The summed E-state index contributed by atoms with van der Waals surface area (Å²) in [7, 11) is 0. The van der Waals surface area contributed by atoms with Gasteiger partial charge in [0, 0.05) is 18.0 Å². The summed E-state index contributed by atoms with van der Waals surface area (Å²) < 4.78 is 6.93. The van der Waals surface area contributed by atoms with Gasteiger partial charge in [0.15, 0.2) is 16.7 Å². The standard InChI is InChI=1S/C21H18N6O3S/c28-18(23-25-20(29)17-7-4-12-30-17)14-31-21-26-24-19(16-8-10-22-11-9-16)27(21)13-15-5-2-1-3-6-15/h1-12H,13-14H2,(H,23,28)(H,25,29). The van der Waals surface area contributed by atoms with E-state index in [0.717, 1.165) is 11.1 Å². The van der Waals surface area contributed by atoms with Crippen LogP contribution in [-0.4, -0.2) is 37.3 Å². The zero-order valence-electron chi connectivity index (χ0n) is 16.3. The summed E-state index contributed by atoms with van der Waals surface area (Å²) in [4.78, 5) is 28.1. The highest BCUT2D eigenvalue weighted by atomic mass is 32.2. The maximum atomic E-state index is 12.2. The third kappa shape index (κ3) is 5.17. The molecule has 0 atom stereocenters. The van der Waals surface area contributed by atoms with E-state index in [-0.39, 0.29) is 17.4 Å². The number of aromatic nitrogens is 4. The molecule has 0 aliphatic rings. The highest BCUT2D eigenvalue weighted by Gasteiger charge is 2.17. The van der Waals surface area contributed by atoms with Gasteiger partial charge in [0.1, 0.15) is 0 Å². The molecule has 4 aromatic rings. The van der Waals surface area contributed by atoms with Gasteiger partial charge in [-0.3, -0.25) is 30.0 Å². The molecule has 31 heavy (non-hydrogen) atoms. The minimum atomic E-state index is -0.532. The number of nitrogens with zero attached hydrogens (tertiary/aromatic N) is 4. The maximum Gasteiger partial charge on any atom is 0.305 e. The third-order valence-corrected chi connectivity index (χ3v) is 5.20. The van der Waals surface area contributed by atoms with E-state index in [1.165, 1.54) is 24.1 Å². The Morgan fingerprint density at radius 3 is 2.52 bits per heavy atom. The molecule has 9 nitrogen and oxygen atoms in total. The number of benzene rings is 1. The first-order chi connectivity index (χ1) is 15.2. The minimum Gasteiger partial charge on any atom is -0.459 e. The van der Waals surface area contributed by atoms with Crippen LogP contribution >= 0.6 is 11.8 Å². The fourth-order valence-electron chi connectivity index (χ4n) is 2.78. The second-order valence-electron chi connectivity index (χ2n) is 6.38. The van der Waals surface area contributed by atoms with E-state index in [2.05, 4.69) is 26.0 Å². The smallest absolute Gasteiger partial charge is 0.305 e. The predicted octanol–water partition coefficient (Wildman–Crippen LogP) is 2.53. The summed E-state index contributed by atoms with van der Waals surface area (Å²) in [6.45, 7) is 0.546. The molecule has 2 amide bonds. The molecule has 4 rings (SSSR count). The van der Waals surface area contributed by atoms with E-state index < -0.39 is 5.91 Å². The second kappa shape index (κ2) is 9.72. The molecule has 1 aromatic carbocycles. The summed E-state index contributed by atoms with van der Waals surface area (Å²) in [5.74, 6) is -0.0835. The van der Waals surface area contributed by atoms with Gasteiger partial charge in [0.25, 0.3) is 0 Å². The topological polar surface area (TPSA) is 115 Å². The van der Waals surface area contributed by atoms with Crippen molar-refractivity contribution >= 4 is 23.6 Å². The van der Waals surface area contributed by atoms with Crippen molar-refractivity contribution in [3.63, 3.8) is 0 Å². The van der Waals surface area contributed by atoms with Crippen LogP contribution in [0.1, 0.15) is 16.1 Å². The van der Waals surface area contributed by atoms with Crippen LogP contribution in [0.2, 0.25) is 0 Å². The lowest BCUT2D eigenvalue weighted by Gasteiger charge is -2.10. The molecule has 0 aliphatic carbocycles. The lowest BCUT2D eigenvalue weighted by molar-refractivity contribution is -0.119. The molecule has 156 valence electrons. The Balaban J connectivity index is 1.45. The maximum absolute atomic E-state index is 12.2. The fourth-order valence-corrected chi connectivity index (χ4v) is 3.52. The van der Waals surface area contributed by atoms with Crippen molar-refractivity contribution < 1.29 is 14.0 Å². The Hall–Kier alpha value is -3.92. The lowest BCUT2D eigenvalue weighted by atomic mass is 10.2. The first-order valence-electron chi connectivity index (χ1n) is 9.34. The summed E-state index contributed by atoms with van der Waals surface area (Å²) in [5, 5.41) is 9.17. The molecule has 2 N–H and O–H groups in total. The average molecular weight is 434 g/mol. The third-order valence-electron chi connectivity index (χ3n) is 4.23. The SMILES string of the molecule is O=C(CSc1nnc(-c2ccncc2)n1Cc1ccccc1)NNC(=O)c1ccco1. The predicted molar refractivity (Wildman–Crippen MR) is 114 cm³/mol. The van der Waals surface area contributed by atoms with Crippen LogP contribution in [0, 0.1) is 0 Å². The summed E-state index contributed by atoms with van der Waals surface area (Å²) in [6, 6.07) is 16.7. The van der Waals surface area contributed by atoms with Crippen molar-refractivity contribution in [2.75, 3.05) is 5.75 Å². The molecular formula is C21H18N6O3S. The second-order valence-corrected chi connectivity index (χ2v) is 7.32. The van der Waals surface area contributed by atoms with E-state index in [4.69, 9.17) is 4.42 Å². The van der Waals surface area contributed by atoms with E-state index >= 15 is 0 Å². The van der Waals surface area contributed by atoms with E-state index in [1.54, 1.807) is 18.5 Å².